The molecule has 0 aliphatic carbocycles. The minimum atomic E-state index is -1.62. The predicted octanol–water partition coefficient (Wildman–Crippen LogP) is -6.14. The maximum atomic E-state index is 11.4. The van der Waals surface area contributed by atoms with Gasteiger partial charge in [-0.15, -0.1) is 0 Å². The Kier molecular flexibility index (Phi) is 22.0. The van der Waals surface area contributed by atoms with Crippen molar-refractivity contribution in [3.63, 3.8) is 0 Å². The number of amides is 3. The summed E-state index contributed by atoms with van der Waals surface area (Å²) in [5.74, 6) is -0.0698. The van der Waals surface area contributed by atoms with Gasteiger partial charge < -0.3 is 100 Å². The Labute approximate surface area is 408 Å². The van der Waals surface area contributed by atoms with Crippen LogP contribution < -0.4 is 46.3 Å². The normalized spacial score (nSPS) is 30.5. The van der Waals surface area contributed by atoms with Gasteiger partial charge in [0.15, 0.2) is 0 Å². The van der Waals surface area contributed by atoms with Gasteiger partial charge in [0.2, 0.25) is 36.6 Å². The summed E-state index contributed by atoms with van der Waals surface area (Å²) in [7, 11) is -1.62. The van der Waals surface area contributed by atoms with Crippen molar-refractivity contribution >= 4 is 30.3 Å². The van der Waals surface area contributed by atoms with Crippen molar-refractivity contribution < 1.29 is 98.8 Å². The number of rotatable bonds is 13. The molecule has 0 bridgehead atoms. The zero-order valence-electron chi connectivity index (χ0n) is 38.4. The quantitative estimate of drug-likeness (QED) is 0.0709. The van der Waals surface area contributed by atoms with Crippen LogP contribution in [0.5, 0.6) is 17.2 Å². The predicted molar refractivity (Wildman–Crippen MR) is 246 cm³/mol. The topological polar surface area (TPSA) is 390 Å². The highest BCUT2D eigenvalue weighted by Crippen LogP contribution is 2.27. The third-order valence-electron chi connectivity index (χ3n) is 11.1. The summed E-state index contributed by atoms with van der Waals surface area (Å²) in [5, 5.41) is 115. The zero-order valence-corrected chi connectivity index (χ0v) is 38.4. The number of nitrogens with zero attached hydrogens (tertiary/aromatic N) is 2. The molecular formula is C45H64BN5O20. The van der Waals surface area contributed by atoms with E-state index in [4.69, 9.17) is 38.5 Å². The van der Waals surface area contributed by atoms with Crippen molar-refractivity contribution in [2.75, 3.05) is 26.5 Å². The fourth-order valence-electron chi connectivity index (χ4n) is 7.48. The van der Waals surface area contributed by atoms with Crippen LogP contribution in [0.4, 0.5) is 0 Å². The van der Waals surface area contributed by atoms with Gasteiger partial charge in [-0.3, -0.25) is 24.4 Å². The van der Waals surface area contributed by atoms with Gasteiger partial charge in [0, 0.05) is 26.8 Å². The second kappa shape index (κ2) is 26.9. The van der Waals surface area contributed by atoms with E-state index in [9.17, 15) is 60.3 Å². The molecule has 3 aromatic rings. The van der Waals surface area contributed by atoms with E-state index in [1.54, 1.807) is 30.3 Å². The molecule has 71 heavy (non-hydrogen) atoms. The van der Waals surface area contributed by atoms with Gasteiger partial charge in [0.05, 0.1) is 30.5 Å². The first-order valence-electron chi connectivity index (χ1n) is 22.0. The van der Waals surface area contributed by atoms with Gasteiger partial charge in [0.25, 0.3) is 0 Å². The van der Waals surface area contributed by atoms with Gasteiger partial charge in [-0.2, -0.15) is 0 Å². The Balaban J connectivity index is 0.000000230. The number of fused-ring (bicyclic) bond motifs is 1. The van der Waals surface area contributed by atoms with Crippen LogP contribution >= 0.6 is 0 Å². The smallest absolute Gasteiger partial charge is 0.463 e. The lowest BCUT2D eigenvalue weighted by atomic mass is 9.80. The monoisotopic (exact) mass is 1010 g/mol. The van der Waals surface area contributed by atoms with Crippen LogP contribution in [0.3, 0.4) is 0 Å². The molecule has 0 spiro atoms. The molecular weight excluding hydrogens is 941 g/mol. The molecule has 3 aromatic carbocycles. The van der Waals surface area contributed by atoms with E-state index in [2.05, 4.69) is 25.9 Å². The second-order valence-corrected chi connectivity index (χ2v) is 16.5. The third-order valence-corrected chi connectivity index (χ3v) is 11.1. The number of aliphatic hydroxyl groups is 9. The van der Waals surface area contributed by atoms with Crippen LogP contribution in [0.25, 0.3) is 0 Å². The molecule has 4 heterocycles. The molecule has 26 heteroatoms. The van der Waals surface area contributed by atoms with E-state index in [1.165, 1.54) is 45.0 Å². The highest BCUT2D eigenvalue weighted by atomic mass is 16.7. The SMILES string of the molecule is C.CC(=O)N[C@@H]1C(Oc2ccc(B(O)O)cc2)OC(CO)C(O)C1O.CC(=O)N[C@@H]1C(Oc2ccc(C)cc2)OC(CO)C(O)C1O.CC(=O)N[C@@H]1C(Oc2ccc3c(c2)=NCN=3)OC(CO)C(O)C1O. The summed E-state index contributed by atoms with van der Waals surface area (Å²) in [6.45, 7) is 4.60. The minimum absolute atomic E-state index is 0. The molecule has 25 nitrogen and oxygen atoms in total. The van der Waals surface area contributed by atoms with Crippen LogP contribution in [-0.4, -0.2) is 199 Å². The molecule has 3 amide bonds. The van der Waals surface area contributed by atoms with E-state index >= 15 is 0 Å². The highest BCUT2D eigenvalue weighted by Gasteiger charge is 2.48. The van der Waals surface area contributed by atoms with E-state index in [0.717, 1.165) is 10.9 Å². The number of hydrogen-bond donors (Lipinski definition) is 14. The average molecular weight is 1010 g/mol. The summed E-state index contributed by atoms with van der Waals surface area (Å²) >= 11 is 0. The molecule has 392 valence electrons. The van der Waals surface area contributed by atoms with Crippen molar-refractivity contribution in [2.24, 2.45) is 9.98 Å². The van der Waals surface area contributed by atoms with Crippen LogP contribution in [0, 0.1) is 6.92 Å². The Morgan fingerprint density at radius 1 is 0.549 bits per heavy atom. The van der Waals surface area contributed by atoms with Crippen molar-refractivity contribution in [3.8, 4) is 17.2 Å². The van der Waals surface area contributed by atoms with Crippen molar-refractivity contribution in [2.45, 2.75) is 127 Å². The van der Waals surface area contributed by atoms with Crippen LogP contribution in [0.2, 0.25) is 0 Å². The van der Waals surface area contributed by atoms with Crippen molar-refractivity contribution in [3.05, 3.63) is 83.0 Å². The minimum Gasteiger partial charge on any atom is -0.463 e. The second-order valence-electron chi connectivity index (χ2n) is 16.5. The lowest BCUT2D eigenvalue weighted by molar-refractivity contribution is -0.244. The maximum Gasteiger partial charge on any atom is 0.488 e. The number of nitrogens with one attached hydrogen (secondary N) is 3. The lowest BCUT2D eigenvalue weighted by Gasteiger charge is -2.42. The van der Waals surface area contributed by atoms with Crippen LogP contribution in [-0.2, 0) is 28.6 Å². The van der Waals surface area contributed by atoms with E-state index < -0.39 is 131 Å². The molecule has 3 saturated heterocycles. The fourth-order valence-corrected chi connectivity index (χ4v) is 7.48. The average Bonchev–Trinajstić information content (AvgIpc) is 3.80. The number of hydrogen-bond acceptors (Lipinski definition) is 22. The van der Waals surface area contributed by atoms with Crippen LogP contribution in [0.1, 0.15) is 33.8 Å². The first-order valence-corrected chi connectivity index (χ1v) is 22.0. The lowest BCUT2D eigenvalue weighted by Crippen LogP contribution is -2.65. The largest absolute Gasteiger partial charge is 0.488 e. The van der Waals surface area contributed by atoms with Gasteiger partial charge in [0.1, 0.15) is 97.0 Å². The summed E-state index contributed by atoms with van der Waals surface area (Å²) in [5.41, 5.74) is 1.31. The van der Waals surface area contributed by atoms with E-state index in [0.29, 0.717) is 23.5 Å². The first kappa shape index (κ1) is 58.1. The number of aliphatic hydroxyl groups excluding tert-OH is 9. The molecule has 14 N–H and O–H groups in total. The molecule has 15 atom stereocenters. The molecule has 0 radical (unpaired) electrons. The molecule has 4 aliphatic heterocycles. The number of benzene rings is 3. The molecule has 0 aromatic heterocycles. The summed E-state index contributed by atoms with van der Waals surface area (Å²) in [6, 6.07) is 15.0. The zero-order chi connectivity index (χ0) is 51.4. The van der Waals surface area contributed by atoms with Crippen molar-refractivity contribution in [1.29, 1.82) is 0 Å². The van der Waals surface area contributed by atoms with Crippen LogP contribution in [0.15, 0.2) is 76.7 Å². The Bertz CT molecular complexity index is 2300. The summed E-state index contributed by atoms with van der Waals surface area (Å²) in [6.07, 6.45) is -14.5. The number of carbonyl (C=O) groups is 3. The number of ether oxygens (including phenoxy) is 6. The maximum absolute atomic E-state index is 11.4. The highest BCUT2D eigenvalue weighted by molar-refractivity contribution is 6.58. The molecule has 3 fully saturated rings. The Hall–Kier alpha value is -5.43. The summed E-state index contributed by atoms with van der Waals surface area (Å²) < 4.78 is 33.3. The molecule has 7 rings (SSSR count). The van der Waals surface area contributed by atoms with E-state index in [1.807, 2.05) is 19.1 Å². The first-order chi connectivity index (χ1) is 33.2. The molecule has 12 unspecified atom stereocenters. The van der Waals surface area contributed by atoms with E-state index in [-0.39, 0.29) is 24.5 Å². The Morgan fingerprint density at radius 3 is 1.24 bits per heavy atom. The van der Waals surface area contributed by atoms with Crippen molar-refractivity contribution in [1.82, 2.24) is 16.0 Å². The fraction of sp³-hybridized carbons (Fsp3) is 0.533. The number of aryl methyl sites for hydroxylation is 1. The molecule has 0 saturated carbocycles. The standard InChI is InChI=1S/C15H19N3O6.C15H21NO6.C14H20BNO8.CH4/c1-7(20)18-12-14(22)13(21)11(5-19)24-15(12)23-8-2-3-9-10(4-8)17-6-16-9;1-8-3-5-10(6-4-8)21-15-12(16-9(2)18)14(20)13(19)11(7-17)22-15;1-7(18)16-11-13(20)12(19)10(6-17)24-14(11)23-9-4-2-8(3-5-9)15(21)22;/h2-4,11-15,19,21-22H,5-6H2,1H3,(H,18,20);3-6,11-15,17,19-20H,7H2,1-2H3,(H,16,18);2-5,10-14,17,19-22H,6H2,1H3,(H,16,18);1H4/t2*11?,12-,13?,14?,15?;10?,11-,12?,13?,14?;/m000./s1. The van der Waals surface area contributed by atoms with Gasteiger partial charge in [-0.25, -0.2) is 0 Å². The third kappa shape index (κ3) is 15.5. The molecule has 4 aliphatic rings. The van der Waals surface area contributed by atoms with Gasteiger partial charge in [-0.1, -0.05) is 37.3 Å². The summed E-state index contributed by atoms with van der Waals surface area (Å²) in [4.78, 5) is 42.3. The Morgan fingerprint density at radius 2 is 0.887 bits per heavy atom. The number of carbonyl (C=O) groups excluding carboxylic acids is 3. The van der Waals surface area contributed by atoms with Gasteiger partial charge >= 0.3 is 7.12 Å². The van der Waals surface area contributed by atoms with Gasteiger partial charge in [-0.05, 0) is 48.8 Å².